The Hall–Kier alpha value is -3.02. The molecule has 0 spiro atoms. The van der Waals surface area contributed by atoms with E-state index in [1.165, 1.54) is 51.9 Å². The fourth-order valence-electron chi connectivity index (χ4n) is 4.48. The highest BCUT2D eigenvalue weighted by molar-refractivity contribution is 5.99. The standard InChI is InChI=1S/C24H27NO5/c1-28-19-13-12-18-20(30-24(27)22(18)23(19)29-2)14-21(26)25-17-10-8-16(9-11-17)15-6-4-3-5-7-15/h8-13,15,20H,3-7,14H2,1-2H3,(H,25,26)/t20-/m0/s1. The van der Waals surface area contributed by atoms with E-state index < -0.39 is 12.1 Å². The van der Waals surface area contributed by atoms with E-state index in [1.807, 2.05) is 12.1 Å². The average molecular weight is 409 g/mol. The SMILES string of the molecule is COc1ccc2c(c1OC)C(=O)O[C@H]2CC(=O)Nc1ccc(C2CCCCC2)cc1. The number of rotatable bonds is 6. The second kappa shape index (κ2) is 8.78. The minimum Gasteiger partial charge on any atom is -0.493 e. The maximum absolute atomic E-state index is 12.6. The van der Waals surface area contributed by atoms with Gasteiger partial charge in [0.1, 0.15) is 11.7 Å². The van der Waals surface area contributed by atoms with Gasteiger partial charge < -0.3 is 19.5 Å². The van der Waals surface area contributed by atoms with Gasteiger partial charge in [0, 0.05) is 11.3 Å². The summed E-state index contributed by atoms with van der Waals surface area (Å²) in [6.45, 7) is 0. The van der Waals surface area contributed by atoms with Crippen molar-refractivity contribution in [3.63, 3.8) is 0 Å². The number of methoxy groups -OCH3 is 2. The van der Waals surface area contributed by atoms with Crippen molar-refractivity contribution in [2.45, 2.75) is 50.5 Å². The van der Waals surface area contributed by atoms with E-state index in [9.17, 15) is 9.59 Å². The third-order valence-electron chi connectivity index (χ3n) is 6.02. The van der Waals surface area contributed by atoms with Crippen LogP contribution in [0.3, 0.4) is 0 Å². The van der Waals surface area contributed by atoms with Gasteiger partial charge in [0.25, 0.3) is 0 Å². The van der Waals surface area contributed by atoms with E-state index in [1.54, 1.807) is 12.1 Å². The molecule has 1 atom stereocenters. The summed E-state index contributed by atoms with van der Waals surface area (Å²) in [5.74, 6) is 0.707. The van der Waals surface area contributed by atoms with Gasteiger partial charge in [-0.15, -0.1) is 0 Å². The highest BCUT2D eigenvalue weighted by atomic mass is 16.6. The van der Waals surface area contributed by atoms with Gasteiger partial charge in [-0.25, -0.2) is 4.79 Å². The number of hydrogen-bond acceptors (Lipinski definition) is 5. The molecular formula is C24H27NO5. The van der Waals surface area contributed by atoms with Crippen molar-refractivity contribution in [1.82, 2.24) is 0 Å². The maximum atomic E-state index is 12.6. The van der Waals surface area contributed by atoms with Gasteiger partial charge in [-0.3, -0.25) is 4.79 Å². The Morgan fingerprint density at radius 2 is 1.77 bits per heavy atom. The van der Waals surface area contributed by atoms with Crippen LogP contribution in [-0.4, -0.2) is 26.1 Å². The van der Waals surface area contributed by atoms with E-state index in [-0.39, 0.29) is 12.3 Å². The molecule has 4 rings (SSSR count). The monoisotopic (exact) mass is 409 g/mol. The Kier molecular flexibility index (Phi) is 5.93. The van der Waals surface area contributed by atoms with Crippen molar-refractivity contribution in [1.29, 1.82) is 0 Å². The van der Waals surface area contributed by atoms with Gasteiger partial charge >= 0.3 is 5.97 Å². The Bertz CT molecular complexity index is 931. The first-order valence-electron chi connectivity index (χ1n) is 10.5. The quantitative estimate of drug-likeness (QED) is 0.680. The topological polar surface area (TPSA) is 73.9 Å². The van der Waals surface area contributed by atoms with Crippen LogP contribution in [-0.2, 0) is 9.53 Å². The molecule has 0 saturated heterocycles. The summed E-state index contributed by atoms with van der Waals surface area (Å²) in [7, 11) is 2.98. The zero-order valence-electron chi connectivity index (χ0n) is 17.4. The van der Waals surface area contributed by atoms with E-state index in [0.29, 0.717) is 28.5 Å². The highest BCUT2D eigenvalue weighted by Gasteiger charge is 2.36. The second-order valence-corrected chi connectivity index (χ2v) is 7.87. The molecule has 2 aliphatic rings. The van der Waals surface area contributed by atoms with Crippen LogP contribution >= 0.6 is 0 Å². The van der Waals surface area contributed by atoms with Crippen LogP contribution in [0, 0.1) is 0 Å². The molecule has 30 heavy (non-hydrogen) atoms. The van der Waals surface area contributed by atoms with E-state index >= 15 is 0 Å². The molecule has 2 aromatic carbocycles. The van der Waals surface area contributed by atoms with Gasteiger partial charge in [0.15, 0.2) is 11.5 Å². The first-order chi connectivity index (χ1) is 14.6. The number of carbonyl (C=O) groups excluding carboxylic acids is 2. The first-order valence-corrected chi connectivity index (χ1v) is 10.5. The number of hydrogen-bond donors (Lipinski definition) is 1. The largest absolute Gasteiger partial charge is 0.493 e. The predicted octanol–water partition coefficient (Wildman–Crippen LogP) is 4.99. The Morgan fingerprint density at radius 1 is 1.03 bits per heavy atom. The first kappa shape index (κ1) is 20.3. The minimum absolute atomic E-state index is 0.0403. The fourth-order valence-corrected chi connectivity index (χ4v) is 4.48. The van der Waals surface area contributed by atoms with Crippen LogP contribution in [0.5, 0.6) is 11.5 Å². The van der Waals surface area contributed by atoms with E-state index in [2.05, 4.69) is 17.4 Å². The normalized spacial score (nSPS) is 18.5. The molecule has 1 N–H and O–H groups in total. The maximum Gasteiger partial charge on any atom is 0.343 e. The number of benzene rings is 2. The van der Waals surface area contributed by atoms with Gasteiger partial charge in [-0.2, -0.15) is 0 Å². The number of ether oxygens (including phenoxy) is 3. The van der Waals surface area contributed by atoms with E-state index in [0.717, 1.165) is 5.69 Å². The molecule has 2 aromatic rings. The van der Waals surface area contributed by atoms with Crippen molar-refractivity contribution in [2.24, 2.45) is 0 Å². The van der Waals surface area contributed by atoms with Gasteiger partial charge in [-0.1, -0.05) is 37.5 Å². The number of anilines is 1. The molecule has 6 nitrogen and oxygen atoms in total. The molecule has 1 heterocycles. The Balaban J connectivity index is 1.42. The summed E-state index contributed by atoms with van der Waals surface area (Å²) in [6, 6.07) is 11.6. The third-order valence-corrected chi connectivity index (χ3v) is 6.02. The zero-order chi connectivity index (χ0) is 21.1. The van der Waals surface area contributed by atoms with Crippen LogP contribution in [0.25, 0.3) is 0 Å². The molecule has 1 amide bonds. The van der Waals surface area contributed by atoms with Gasteiger partial charge in [0.05, 0.1) is 20.6 Å². The van der Waals surface area contributed by atoms with Crippen molar-refractivity contribution >= 4 is 17.6 Å². The summed E-state index contributed by atoms with van der Waals surface area (Å²) in [4.78, 5) is 25.0. The number of carbonyl (C=O) groups is 2. The lowest BCUT2D eigenvalue weighted by Gasteiger charge is -2.22. The number of nitrogens with one attached hydrogen (secondary N) is 1. The van der Waals surface area contributed by atoms with Crippen LogP contribution in [0.4, 0.5) is 5.69 Å². The number of cyclic esters (lactones) is 1. The molecule has 1 fully saturated rings. The molecule has 0 bridgehead atoms. The summed E-state index contributed by atoms with van der Waals surface area (Å²) in [5.41, 5.74) is 3.05. The van der Waals surface area contributed by atoms with Crippen molar-refractivity contribution in [3.8, 4) is 11.5 Å². The molecule has 1 aliphatic heterocycles. The molecule has 0 unspecified atom stereocenters. The minimum atomic E-state index is -0.645. The Morgan fingerprint density at radius 3 is 2.43 bits per heavy atom. The van der Waals surface area contributed by atoms with Crippen molar-refractivity contribution in [2.75, 3.05) is 19.5 Å². The lowest BCUT2D eigenvalue weighted by atomic mass is 9.84. The fraction of sp³-hybridized carbons (Fsp3) is 0.417. The molecular weight excluding hydrogens is 382 g/mol. The summed E-state index contributed by atoms with van der Waals surface area (Å²) >= 11 is 0. The Labute approximate surface area is 176 Å². The third kappa shape index (κ3) is 3.99. The van der Waals surface area contributed by atoms with Crippen LogP contribution < -0.4 is 14.8 Å². The average Bonchev–Trinajstić information content (AvgIpc) is 3.09. The zero-order valence-corrected chi connectivity index (χ0v) is 17.4. The van der Waals surface area contributed by atoms with Crippen molar-refractivity contribution < 1.29 is 23.8 Å². The van der Waals surface area contributed by atoms with Crippen molar-refractivity contribution in [3.05, 3.63) is 53.1 Å². The van der Waals surface area contributed by atoms with Gasteiger partial charge in [-0.05, 0) is 42.5 Å². The highest BCUT2D eigenvalue weighted by Crippen LogP contribution is 2.43. The second-order valence-electron chi connectivity index (χ2n) is 7.87. The molecule has 158 valence electrons. The summed E-state index contributed by atoms with van der Waals surface area (Å²) in [5, 5.41) is 2.91. The number of amides is 1. The summed E-state index contributed by atoms with van der Waals surface area (Å²) in [6.07, 6.45) is 5.80. The summed E-state index contributed by atoms with van der Waals surface area (Å²) < 4.78 is 16.0. The van der Waals surface area contributed by atoms with Gasteiger partial charge in [0.2, 0.25) is 5.91 Å². The van der Waals surface area contributed by atoms with Crippen LogP contribution in [0.15, 0.2) is 36.4 Å². The lowest BCUT2D eigenvalue weighted by molar-refractivity contribution is -0.118. The molecule has 0 aromatic heterocycles. The van der Waals surface area contributed by atoms with E-state index in [4.69, 9.17) is 14.2 Å². The van der Waals surface area contributed by atoms with Crippen LogP contribution in [0.1, 0.15) is 72.0 Å². The lowest BCUT2D eigenvalue weighted by Crippen LogP contribution is -2.16. The molecule has 1 aliphatic carbocycles. The smallest absolute Gasteiger partial charge is 0.343 e. The number of esters is 1. The predicted molar refractivity (Wildman–Crippen MR) is 113 cm³/mol. The van der Waals surface area contributed by atoms with Crippen LogP contribution in [0.2, 0.25) is 0 Å². The number of fused-ring (bicyclic) bond motifs is 1. The molecule has 6 heteroatoms. The molecule has 0 radical (unpaired) electrons. The molecule has 1 saturated carbocycles.